The van der Waals surface area contributed by atoms with Gasteiger partial charge in [-0.15, -0.1) is 11.3 Å². The van der Waals surface area contributed by atoms with Gasteiger partial charge in [-0.2, -0.15) is 5.10 Å². The Morgan fingerprint density at radius 1 is 1.43 bits per heavy atom. The molecule has 3 heterocycles. The molecule has 23 heavy (non-hydrogen) atoms. The summed E-state index contributed by atoms with van der Waals surface area (Å²) in [5, 5.41) is 7.53. The number of carbonyl (C=O) groups is 1. The Balaban J connectivity index is 1.81. The van der Waals surface area contributed by atoms with Gasteiger partial charge in [0.1, 0.15) is 9.77 Å². The lowest BCUT2D eigenvalue weighted by atomic mass is 10.1. The van der Waals surface area contributed by atoms with Gasteiger partial charge in [-0.1, -0.05) is 0 Å². The minimum atomic E-state index is -3.33. The number of hydrogen-bond acceptors (Lipinski definition) is 6. The highest BCUT2D eigenvalue weighted by atomic mass is 32.2. The number of amides is 1. The van der Waals surface area contributed by atoms with E-state index < -0.39 is 9.84 Å². The molecule has 0 radical (unpaired) electrons. The molecule has 1 saturated heterocycles. The third-order valence-electron chi connectivity index (χ3n) is 4.01. The second-order valence-electron chi connectivity index (χ2n) is 5.80. The van der Waals surface area contributed by atoms with Crippen LogP contribution in [0.25, 0.3) is 0 Å². The van der Waals surface area contributed by atoms with Crippen LogP contribution in [-0.4, -0.2) is 53.8 Å². The van der Waals surface area contributed by atoms with Gasteiger partial charge in [0, 0.05) is 25.3 Å². The molecule has 9 heteroatoms. The number of H-pyrrole nitrogens is 1. The van der Waals surface area contributed by atoms with Crippen molar-refractivity contribution in [3.8, 4) is 0 Å². The average Bonchev–Trinajstić information content (AvgIpc) is 3.14. The van der Waals surface area contributed by atoms with E-state index in [1.54, 1.807) is 4.90 Å². The summed E-state index contributed by atoms with van der Waals surface area (Å²) in [6.45, 7) is 4.80. The van der Waals surface area contributed by atoms with Crippen LogP contribution in [0, 0.1) is 13.8 Å². The summed E-state index contributed by atoms with van der Waals surface area (Å²) in [6.07, 6.45) is 3.22. The van der Waals surface area contributed by atoms with E-state index in [9.17, 15) is 13.2 Å². The van der Waals surface area contributed by atoms with Crippen LogP contribution in [0.5, 0.6) is 0 Å². The maximum Gasteiger partial charge on any atom is 0.265 e. The molecule has 3 rings (SSSR count). The molecule has 7 nitrogen and oxygen atoms in total. The van der Waals surface area contributed by atoms with Gasteiger partial charge in [-0.3, -0.25) is 9.89 Å². The highest BCUT2D eigenvalue weighted by Crippen LogP contribution is 2.31. The van der Waals surface area contributed by atoms with E-state index in [2.05, 4.69) is 15.2 Å². The molecule has 1 unspecified atom stereocenters. The van der Waals surface area contributed by atoms with Gasteiger partial charge in [-0.25, -0.2) is 13.4 Å². The maximum atomic E-state index is 12.6. The van der Waals surface area contributed by atoms with Crippen LogP contribution < -0.4 is 0 Å². The molecule has 1 N–H and O–H groups in total. The number of carbonyl (C=O) groups excluding carboxylic acids is 1. The summed E-state index contributed by atoms with van der Waals surface area (Å²) >= 11 is 1.40. The molecule has 0 bridgehead atoms. The minimum Gasteiger partial charge on any atom is -0.337 e. The molecule has 1 amide bonds. The molecule has 1 fully saturated rings. The lowest BCUT2D eigenvalue weighted by molar-refractivity contribution is 0.0794. The van der Waals surface area contributed by atoms with Crippen molar-refractivity contribution in [2.24, 2.45) is 0 Å². The number of thiazole rings is 1. The molecule has 2 aromatic rings. The fraction of sp³-hybridized carbons (Fsp3) is 0.500. The first-order chi connectivity index (χ1) is 10.8. The molecule has 0 saturated carbocycles. The zero-order valence-corrected chi connectivity index (χ0v) is 14.8. The summed E-state index contributed by atoms with van der Waals surface area (Å²) in [4.78, 5) is 19.6. The fourth-order valence-electron chi connectivity index (χ4n) is 2.93. The van der Waals surface area contributed by atoms with Crippen molar-refractivity contribution in [2.45, 2.75) is 31.1 Å². The van der Waals surface area contributed by atoms with Crippen LogP contribution in [-0.2, 0) is 9.84 Å². The first kappa shape index (κ1) is 16.1. The number of nitrogens with zero attached hydrogens (tertiary/aromatic N) is 3. The van der Waals surface area contributed by atoms with E-state index in [4.69, 9.17) is 0 Å². The van der Waals surface area contributed by atoms with Gasteiger partial charge in [0.2, 0.25) is 0 Å². The third kappa shape index (κ3) is 3.02. The zero-order chi connectivity index (χ0) is 16.8. The number of aromatic nitrogens is 3. The van der Waals surface area contributed by atoms with Crippen molar-refractivity contribution in [3.63, 3.8) is 0 Å². The molecule has 0 aliphatic carbocycles. The predicted molar refractivity (Wildman–Crippen MR) is 86.5 cm³/mol. The summed E-state index contributed by atoms with van der Waals surface area (Å²) in [5.74, 6) is -0.0727. The molecular weight excluding hydrogens is 336 g/mol. The normalized spacial score (nSPS) is 18.6. The number of aromatic amines is 1. The molecule has 1 atom stereocenters. The third-order valence-corrected chi connectivity index (χ3v) is 6.20. The first-order valence-electron chi connectivity index (χ1n) is 7.24. The molecule has 0 aromatic carbocycles. The zero-order valence-electron chi connectivity index (χ0n) is 13.2. The van der Waals surface area contributed by atoms with Crippen molar-refractivity contribution in [1.29, 1.82) is 0 Å². The van der Waals surface area contributed by atoms with Crippen LogP contribution in [0.15, 0.2) is 11.1 Å². The summed E-state index contributed by atoms with van der Waals surface area (Å²) < 4.78 is 23.6. The van der Waals surface area contributed by atoms with Crippen LogP contribution in [0.3, 0.4) is 0 Å². The molecule has 1 aliphatic heterocycles. The van der Waals surface area contributed by atoms with Gasteiger partial charge >= 0.3 is 0 Å². The summed E-state index contributed by atoms with van der Waals surface area (Å²) in [5.41, 5.74) is 1.35. The Labute approximate surface area is 138 Å². The number of aryl methyl sites for hydroxylation is 2. The smallest absolute Gasteiger partial charge is 0.265 e. The first-order valence-corrected chi connectivity index (χ1v) is 9.94. The number of sulfone groups is 1. The van der Waals surface area contributed by atoms with Gasteiger partial charge in [0.05, 0.1) is 22.6 Å². The summed E-state index contributed by atoms with van der Waals surface area (Å²) in [6, 6.07) is 0. The highest BCUT2D eigenvalue weighted by molar-refractivity contribution is 7.90. The molecular formula is C14H18N4O3S2. The Bertz CT molecular complexity index is 853. The monoisotopic (exact) mass is 354 g/mol. The van der Waals surface area contributed by atoms with Crippen LogP contribution in [0.4, 0.5) is 0 Å². The van der Waals surface area contributed by atoms with Gasteiger partial charge in [-0.05, 0) is 20.3 Å². The van der Waals surface area contributed by atoms with Crippen LogP contribution >= 0.6 is 11.3 Å². The molecule has 2 aromatic heterocycles. The lowest BCUT2D eigenvalue weighted by Crippen LogP contribution is -2.28. The fourth-order valence-corrected chi connectivity index (χ4v) is 4.67. The highest BCUT2D eigenvalue weighted by Gasteiger charge is 2.33. The lowest BCUT2D eigenvalue weighted by Gasteiger charge is -2.15. The SMILES string of the molecule is Cc1nc(C)c(C(=O)N2CCC(c3[nH]ncc3S(C)(=O)=O)C2)s1. The average molecular weight is 354 g/mol. The van der Waals surface area contributed by atoms with Crippen molar-refractivity contribution in [2.75, 3.05) is 19.3 Å². The number of rotatable bonds is 3. The van der Waals surface area contributed by atoms with E-state index in [1.807, 2.05) is 13.8 Å². The standard InChI is InChI=1S/C14H18N4O3S2/c1-8-13(22-9(2)16-8)14(19)18-5-4-10(7-18)12-11(6-15-17-12)23(3,20)21/h6,10H,4-5,7H2,1-3H3,(H,15,17). The Kier molecular flexibility index (Phi) is 4.01. The quantitative estimate of drug-likeness (QED) is 0.901. The van der Waals surface area contributed by atoms with E-state index in [1.165, 1.54) is 23.8 Å². The van der Waals surface area contributed by atoms with Crippen molar-refractivity contribution in [3.05, 3.63) is 27.5 Å². The van der Waals surface area contributed by atoms with Gasteiger partial charge in [0.25, 0.3) is 5.91 Å². The van der Waals surface area contributed by atoms with E-state index in [-0.39, 0.29) is 16.7 Å². The predicted octanol–water partition coefficient (Wildman–Crippen LogP) is 1.52. The van der Waals surface area contributed by atoms with Crippen molar-refractivity contribution < 1.29 is 13.2 Å². The van der Waals surface area contributed by atoms with E-state index in [0.29, 0.717) is 30.1 Å². The Morgan fingerprint density at radius 2 is 2.17 bits per heavy atom. The van der Waals surface area contributed by atoms with E-state index >= 15 is 0 Å². The molecule has 1 aliphatic rings. The number of nitrogens with one attached hydrogen (secondary N) is 1. The molecule has 0 spiro atoms. The summed E-state index contributed by atoms with van der Waals surface area (Å²) in [7, 11) is -3.33. The number of likely N-dealkylation sites (tertiary alicyclic amines) is 1. The van der Waals surface area contributed by atoms with Crippen LogP contribution in [0.2, 0.25) is 0 Å². The van der Waals surface area contributed by atoms with E-state index in [0.717, 1.165) is 10.7 Å². The Hall–Kier alpha value is -1.74. The Morgan fingerprint density at radius 3 is 2.78 bits per heavy atom. The van der Waals surface area contributed by atoms with Gasteiger partial charge in [0.15, 0.2) is 9.84 Å². The van der Waals surface area contributed by atoms with Crippen molar-refractivity contribution >= 4 is 27.1 Å². The largest absolute Gasteiger partial charge is 0.337 e. The number of hydrogen-bond donors (Lipinski definition) is 1. The molecule has 124 valence electrons. The maximum absolute atomic E-state index is 12.6. The van der Waals surface area contributed by atoms with Crippen LogP contribution in [0.1, 0.15) is 38.4 Å². The second-order valence-corrected chi connectivity index (χ2v) is 8.99. The van der Waals surface area contributed by atoms with Crippen molar-refractivity contribution in [1.82, 2.24) is 20.1 Å². The second kappa shape index (κ2) is 5.72. The van der Waals surface area contributed by atoms with Gasteiger partial charge < -0.3 is 4.90 Å². The minimum absolute atomic E-state index is 0.0315. The topological polar surface area (TPSA) is 96.0 Å².